The van der Waals surface area contributed by atoms with E-state index < -0.39 is 11.8 Å². The van der Waals surface area contributed by atoms with Gasteiger partial charge in [-0.1, -0.05) is 30.3 Å². The first kappa shape index (κ1) is 16.5. The molecule has 0 fully saturated rings. The number of carboxylic acids is 1. The summed E-state index contributed by atoms with van der Waals surface area (Å²) in [6.45, 7) is 0. The van der Waals surface area contributed by atoms with Gasteiger partial charge in [0.2, 0.25) is 0 Å². The monoisotopic (exact) mass is 370 g/mol. The van der Waals surface area contributed by atoms with Crippen molar-refractivity contribution in [2.75, 3.05) is 0 Å². The van der Waals surface area contributed by atoms with Crippen molar-refractivity contribution < 1.29 is 14.3 Å². The maximum atomic E-state index is 13.7. The number of carbonyl (C=O) groups is 1. The van der Waals surface area contributed by atoms with Gasteiger partial charge in [-0.3, -0.25) is 0 Å². The van der Waals surface area contributed by atoms with Crippen LogP contribution in [0.3, 0.4) is 0 Å². The van der Waals surface area contributed by atoms with Gasteiger partial charge in [0.05, 0.1) is 22.9 Å². The van der Waals surface area contributed by atoms with Crippen LogP contribution < -0.4 is 5.11 Å². The van der Waals surface area contributed by atoms with Crippen molar-refractivity contribution in [1.82, 2.24) is 15.0 Å². The molecule has 5 rings (SSSR count). The molecular formula is C22H13FN3O2-. The lowest BCUT2D eigenvalue weighted by atomic mass is 9.88. The van der Waals surface area contributed by atoms with Crippen LogP contribution in [-0.4, -0.2) is 20.9 Å². The second-order valence-electron chi connectivity index (χ2n) is 6.68. The van der Waals surface area contributed by atoms with E-state index in [1.54, 1.807) is 6.20 Å². The summed E-state index contributed by atoms with van der Waals surface area (Å²) in [4.78, 5) is 25.6. The number of rotatable bonds is 2. The SMILES string of the molecule is O=C([O-])c1c2c(nc3ccc(F)cc13)-c1cnc(-c3ccccc3)nc1CC2. The van der Waals surface area contributed by atoms with Crippen molar-refractivity contribution in [3.63, 3.8) is 0 Å². The number of carboxylic acid groups (broad SMARTS) is 1. The molecule has 2 aromatic carbocycles. The Balaban J connectivity index is 1.74. The molecule has 5 nitrogen and oxygen atoms in total. The number of carbonyl (C=O) groups excluding carboxylic acids is 1. The summed E-state index contributed by atoms with van der Waals surface area (Å²) in [5.74, 6) is -1.23. The molecule has 0 radical (unpaired) electrons. The summed E-state index contributed by atoms with van der Waals surface area (Å²) in [5.41, 5.74) is 3.90. The second kappa shape index (κ2) is 6.20. The number of fused-ring (bicyclic) bond motifs is 4. The smallest absolute Gasteiger partial charge is 0.159 e. The molecule has 2 aromatic heterocycles. The highest BCUT2D eigenvalue weighted by atomic mass is 19.1. The number of pyridine rings is 1. The Morgan fingerprint density at radius 1 is 1.04 bits per heavy atom. The molecule has 0 N–H and O–H groups in total. The van der Waals surface area contributed by atoms with E-state index in [-0.39, 0.29) is 10.9 Å². The van der Waals surface area contributed by atoms with E-state index in [9.17, 15) is 14.3 Å². The minimum absolute atomic E-state index is 0.00251. The Hall–Kier alpha value is -3.67. The van der Waals surface area contributed by atoms with E-state index in [2.05, 4.69) is 15.0 Å². The molecule has 6 heteroatoms. The summed E-state index contributed by atoms with van der Waals surface area (Å²) in [6.07, 6.45) is 2.67. The molecule has 136 valence electrons. The average Bonchev–Trinajstić information content (AvgIpc) is 2.72. The van der Waals surface area contributed by atoms with Crippen LogP contribution in [0.5, 0.6) is 0 Å². The van der Waals surface area contributed by atoms with Gasteiger partial charge < -0.3 is 9.90 Å². The van der Waals surface area contributed by atoms with Crippen LogP contribution in [0.15, 0.2) is 54.7 Å². The molecule has 2 heterocycles. The van der Waals surface area contributed by atoms with Crippen LogP contribution in [0.1, 0.15) is 21.6 Å². The largest absolute Gasteiger partial charge is 0.545 e. The Labute approximate surface area is 159 Å². The van der Waals surface area contributed by atoms with Crippen molar-refractivity contribution >= 4 is 16.9 Å². The third-order valence-electron chi connectivity index (χ3n) is 5.02. The van der Waals surface area contributed by atoms with Gasteiger partial charge in [0, 0.05) is 28.3 Å². The van der Waals surface area contributed by atoms with Crippen LogP contribution in [0, 0.1) is 5.82 Å². The van der Waals surface area contributed by atoms with Crippen LogP contribution in [0.25, 0.3) is 33.5 Å². The second-order valence-corrected chi connectivity index (χ2v) is 6.68. The van der Waals surface area contributed by atoms with Gasteiger partial charge in [0.1, 0.15) is 5.82 Å². The Bertz CT molecular complexity index is 1260. The van der Waals surface area contributed by atoms with Crippen LogP contribution >= 0.6 is 0 Å². The van der Waals surface area contributed by atoms with Gasteiger partial charge in [-0.05, 0) is 36.6 Å². The Morgan fingerprint density at radius 3 is 2.64 bits per heavy atom. The van der Waals surface area contributed by atoms with Gasteiger partial charge in [-0.2, -0.15) is 0 Å². The fourth-order valence-corrected chi connectivity index (χ4v) is 3.75. The molecule has 0 bridgehead atoms. The highest BCUT2D eigenvalue weighted by Gasteiger charge is 2.25. The van der Waals surface area contributed by atoms with Crippen molar-refractivity contribution in [1.29, 1.82) is 0 Å². The third-order valence-corrected chi connectivity index (χ3v) is 5.02. The number of benzene rings is 2. The molecule has 0 amide bonds. The molecule has 0 unspecified atom stereocenters. The maximum Gasteiger partial charge on any atom is 0.159 e. The molecule has 0 saturated carbocycles. The number of hydrogen-bond acceptors (Lipinski definition) is 5. The van der Waals surface area contributed by atoms with Crippen molar-refractivity contribution in [2.24, 2.45) is 0 Å². The standard InChI is InChI=1S/C22H14FN3O2/c23-13-6-8-17-15(10-13)19(22(27)28)14-7-9-18-16(20(14)25-17)11-24-21(26-18)12-4-2-1-3-5-12/h1-6,8,10-11H,7,9H2,(H,27,28)/p-1. The van der Waals surface area contributed by atoms with Gasteiger partial charge in [0.15, 0.2) is 5.82 Å². The quantitative estimate of drug-likeness (QED) is 0.542. The van der Waals surface area contributed by atoms with E-state index in [0.717, 1.165) is 11.3 Å². The normalized spacial score (nSPS) is 12.5. The number of halogens is 1. The van der Waals surface area contributed by atoms with E-state index in [1.807, 2.05) is 30.3 Å². The van der Waals surface area contributed by atoms with Crippen LogP contribution in [0.4, 0.5) is 4.39 Å². The molecule has 0 saturated heterocycles. The van der Waals surface area contributed by atoms with Crippen LogP contribution in [0.2, 0.25) is 0 Å². The number of aryl methyl sites for hydroxylation is 1. The molecule has 0 spiro atoms. The lowest BCUT2D eigenvalue weighted by Crippen LogP contribution is -2.26. The van der Waals surface area contributed by atoms with E-state index in [4.69, 9.17) is 0 Å². The van der Waals surface area contributed by atoms with Gasteiger partial charge in [-0.25, -0.2) is 19.3 Å². The molecule has 4 aromatic rings. The van der Waals surface area contributed by atoms with E-state index in [0.29, 0.717) is 41.0 Å². The van der Waals surface area contributed by atoms with Gasteiger partial charge in [-0.15, -0.1) is 0 Å². The van der Waals surface area contributed by atoms with E-state index in [1.165, 1.54) is 18.2 Å². The van der Waals surface area contributed by atoms with E-state index >= 15 is 0 Å². The summed E-state index contributed by atoms with van der Waals surface area (Å²) in [5, 5.41) is 12.1. The maximum absolute atomic E-state index is 13.7. The highest BCUT2D eigenvalue weighted by Crippen LogP contribution is 2.36. The lowest BCUT2D eigenvalue weighted by Gasteiger charge is -2.23. The van der Waals surface area contributed by atoms with Gasteiger partial charge in [0.25, 0.3) is 0 Å². The summed E-state index contributed by atoms with van der Waals surface area (Å²) in [7, 11) is 0. The minimum Gasteiger partial charge on any atom is -0.545 e. The first-order valence-corrected chi connectivity index (χ1v) is 8.87. The minimum atomic E-state index is -1.33. The van der Waals surface area contributed by atoms with Gasteiger partial charge >= 0.3 is 0 Å². The molecule has 0 aliphatic heterocycles. The van der Waals surface area contributed by atoms with Crippen LogP contribution in [-0.2, 0) is 12.8 Å². The zero-order valence-corrected chi connectivity index (χ0v) is 14.6. The van der Waals surface area contributed by atoms with Crippen molar-refractivity contribution in [3.05, 3.63) is 77.4 Å². The van der Waals surface area contributed by atoms with Crippen molar-refractivity contribution in [3.8, 4) is 22.6 Å². The summed E-state index contributed by atoms with van der Waals surface area (Å²) >= 11 is 0. The molecule has 1 aliphatic rings. The fourth-order valence-electron chi connectivity index (χ4n) is 3.75. The van der Waals surface area contributed by atoms with Crippen molar-refractivity contribution in [2.45, 2.75) is 12.8 Å². The Morgan fingerprint density at radius 2 is 1.86 bits per heavy atom. The predicted octanol–water partition coefficient (Wildman–Crippen LogP) is 2.96. The first-order valence-electron chi connectivity index (χ1n) is 8.87. The highest BCUT2D eigenvalue weighted by molar-refractivity contribution is 6.05. The molecule has 1 aliphatic carbocycles. The zero-order valence-electron chi connectivity index (χ0n) is 14.6. The number of aromatic carboxylic acids is 1. The third kappa shape index (κ3) is 2.53. The molecule has 0 atom stereocenters. The topological polar surface area (TPSA) is 78.8 Å². The first-order chi connectivity index (χ1) is 13.6. The number of aromatic nitrogens is 3. The fraction of sp³-hybridized carbons (Fsp3) is 0.0909. The predicted molar refractivity (Wildman–Crippen MR) is 99.9 cm³/mol. The molecular weight excluding hydrogens is 357 g/mol. The lowest BCUT2D eigenvalue weighted by molar-refractivity contribution is -0.254. The zero-order chi connectivity index (χ0) is 19.3. The summed E-state index contributed by atoms with van der Waals surface area (Å²) < 4.78 is 13.7. The molecule has 28 heavy (non-hydrogen) atoms. The number of hydrogen-bond donors (Lipinski definition) is 0. The average molecular weight is 370 g/mol. The number of nitrogens with zero attached hydrogens (tertiary/aromatic N) is 3. The summed E-state index contributed by atoms with van der Waals surface area (Å²) in [6, 6.07) is 13.6. The Kier molecular flexibility index (Phi) is 3.65.